The van der Waals surface area contributed by atoms with E-state index < -0.39 is 0 Å². The molecule has 0 saturated heterocycles. The summed E-state index contributed by atoms with van der Waals surface area (Å²) in [5.74, 6) is 3.63. The van der Waals surface area contributed by atoms with Gasteiger partial charge in [-0.3, -0.25) is 0 Å². The highest BCUT2D eigenvalue weighted by Crippen LogP contribution is 2.39. The fourth-order valence-corrected chi connectivity index (χ4v) is 6.72. The van der Waals surface area contributed by atoms with Gasteiger partial charge in [-0.2, -0.15) is 17.0 Å². The molecule has 0 aliphatic heterocycles. The molecule has 2 fully saturated rings. The zero-order valence-corrected chi connectivity index (χ0v) is 26.0. The van der Waals surface area contributed by atoms with E-state index in [1.165, 1.54) is 48.8 Å². The van der Waals surface area contributed by atoms with E-state index in [1.54, 1.807) is 11.3 Å². The molecule has 4 nitrogen and oxygen atoms in total. The van der Waals surface area contributed by atoms with Gasteiger partial charge >= 0.3 is 0 Å². The van der Waals surface area contributed by atoms with Crippen LogP contribution in [0, 0.1) is 29.1 Å². The van der Waals surface area contributed by atoms with Gasteiger partial charge in [-0.25, -0.2) is 0 Å². The fraction of sp³-hybridized carbons (Fsp3) is 0.545. The van der Waals surface area contributed by atoms with Crippen LogP contribution in [0.2, 0.25) is 0 Å². The first kappa shape index (κ1) is 29.6. The predicted octanol–water partition coefficient (Wildman–Crippen LogP) is 9.22. The Morgan fingerprint density at radius 3 is 2.28 bits per heavy atom. The number of nitrogens with zero attached hydrogens (tertiary/aromatic N) is 3. The van der Waals surface area contributed by atoms with Crippen LogP contribution in [0.4, 0.5) is 0 Å². The summed E-state index contributed by atoms with van der Waals surface area (Å²) in [4.78, 5) is 0. The molecule has 1 heterocycles. The normalized spacial score (nSPS) is 21.3. The second-order valence-corrected chi connectivity index (χ2v) is 13.7. The Kier molecular flexibility index (Phi) is 10.5. The van der Waals surface area contributed by atoms with Crippen molar-refractivity contribution in [3.8, 4) is 33.0 Å². The molecule has 2 unspecified atom stereocenters. The fourth-order valence-electron chi connectivity index (χ4n) is 5.22. The first-order valence-electron chi connectivity index (χ1n) is 14.5. The Labute approximate surface area is 243 Å². The molecule has 6 rings (SSSR count). The quantitative estimate of drug-likeness (QED) is 0.311. The molecule has 0 amide bonds. The Morgan fingerprint density at radius 1 is 1.00 bits per heavy atom. The summed E-state index contributed by atoms with van der Waals surface area (Å²) in [6, 6.07) is 14.3. The van der Waals surface area contributed by atoms with Crippen LogP contribution >= 0.6 is 23.1 Å². The van der Waals surface area contributed by atoms with Crippen LogP contribution in [-0.4, -0.2) is 27.8 Å². The number of rotatable bonds is 5. The van der Waals surface area contributed by atoms with Crippen LogP contribution in [0.1, 0.15) is 83.4 Å². The number of nitriles is 1. The molecule has 3 aliphatic carbocycles. The van der Waals surface area contributed by atoms with Gasteiger partial charge in [0.25, 0.3) is 0 Å². The lowest BCUT2D eigenvalue weighted by Crippen LogP contribution is -2.29. The van der Waals surface area contributed by atoms with E-state index in [-0.39, 0.29) is 6.10 Å². The number of benzene rings is 2. The van der Waals surface area contributed by atoms with Crippen LogP contribution < -0.4 is 4.74 Å². The number of hydrogen-bond donors (Lipinski definition) is 0. The summed E-state index contributed by atoms with van der Waals surface area (Å²) in [6.07, 6.45) is 11.4. The molecule has 3 aromatic rings. The van der Waals surface area contributed by atoms with Gasteiger partial charge in [-0.15, -0.1) is 10.2 Å². The number of fused-ring (bicyclic) bond motifs is 1. The van der Waals surface area contributed by atoms with Crippen molar-refractivity contribution in [2.75, 3.05) is 6.26 Å². The molecule has 0 spiro atoms. The van der Waals surface area contributed by atoms with Gasteiger partial charge in [-0.1, -0.05) is 50.3 Å². The molecular weight excluding hydrogens is 519 g/mol. The van der Waals surface area contributed by atoms with E-state index in [4.69, 9.17) is 4.74 Å². The predicted molar refractivity (Wildman–Crippen MR) is 167 cm³/mol. The number of hydrogen-bond acceptors (Lipinski definition) is 6. The van der Waals surface area contributed by atoms with Gasteiger partial charge in [0.2, 0.25) is 0 Å². The molecule has 1 aromatic heterocycles. The maximum absolute atomic E-state index is 9.46. The third-order valence-corrected chi connectivity index (χ3v) is 10.3. The van der Waals surface area contributed by atoms with E-state index >= 15 is 0 Å². The van der Waals surface area contributed by atoms with Gasteiger partial charge in [0.05, 0.1) is 11.7 Å². The number of thioether (sulfide) groups is 1. The van der Waals surface area contributed by atoms with Crippen molar-refractivity contribution in [3.63, 3.8) is 0 Å². The van der Waals surface area contributed by atoms with Gasteiger partial charge in [0.15, 0.2) is 0 Å². The average Bonchev–Trinajstić information content (AvgIpc) is 3.68. The lowest BCUT2D eigenvalue weighted by atomic mass is 9.68. The zero-order valence-electron chi connectivity index (χ0n) is 24.4. The highest BCUT2D eigenvalue weighted by Gasteiger charge is 2.29. The van der Waals surface area contributed by atoms with Gasteiger partial charge in [0.1, 0.15) is 21.8 Å². The standard InChI is InChI=1S/C22H21N3OS.C7H14.C4H8S/c1-14(2)26-20-11-10-16(12-17(20)13-23)21-24-25-22(27-21)19-9-5-7-15-6-3-4-8-18(15)19;1-5-4-6(2)7(5)3;1-5-4-2-3-4/h5,7,9-12,14H,3-4,6,8H2,1-2H3;5-7H,4H2,1-3H3;4H,2-3H2,1H3. The summed E-state index contributed by atoms with van der Waals surface area (Å²) in [5, 5.41) is 21.1. The summed E-state index contributed by atoms with van der Waals surface area (Å²) >= 11 is 3.57. The molecule has 6 heteroatoms. The van der Waals surface area contributed by atoms with Crippen molar-refractivity contribution in [2.24, 2.45) is 17.8 Å². The number of aryl methyl sites for hydroxylation is 1. The molecular formula is C33H43N3OS2. The van der Waals surface area contributed by atoms with E-state index in [9.17, 15) is 5.26 Å². The zero-order chi connectivity index (χ0) is 27.9. The second kappa shape index (κ2) is 13.8. The molecule has 208 valence electrons. The lowest BCUT2D eigenvalue weighted by Gasteiger charge is -2.38. The van der Waals surface area contributed by atoms with Crippen LogP contribution in [0.3, 0.4) is 0 Å². The minimum Gasteiger partial charge on any atom is -0.490 e. The van der Waals surface area contributed by atoms with Crippen molar-refractivity contribution in [1.82, 2.24) is 10.2 Å². The number of ether oxygens (including phenoxy) is 1. The largest absolute Gasteiger partial charge is 0.490 e. The van der Waals surface area contributed by atoms with E-state index in [2.05, 4.69) is 61.5 Å². The third kappa shape index (κ3) is 7.86. The maximum atomic E-state index is 9.46. The molecule has 39 heavy (non-hydrogen) atoms. The van der Waals surface area contributed by atoms with Crippen molar-refractivity contribution in [1.29, 1.82) is 5.26 Å². The van der Waals surface area contributed by atoms with Crippen LogP contribution in [0.15, 0.2) is 36.4 Å². The van der Waals surface area contributed by atoms with Gasteiger partial charge < -0.3 is 4.74 Å². The molecule has 2 saturated carbocycles. The average molecular weight is 562 g/mol. The molecule has 0 radical (unpaired) electrons. The monoisotopic (exact) mass is 561 g/mol. The van der Waals surface area contributed by atoms with Crippen LogP contribution in [0.25, 0.3) is 21.1 Å². The molecule has 3 aliphatic rings. The smallest absolute Gasteiger partial charge is 0.148 e. The number of aromatic nitrogens is 2. The first-order valence-corrected chi connectivity index (χ1v) is 16.6. The second-order valence-electron chi connectivity index (χ2n) is 11.5. The van der Waals surface area contributed by atoms with Gasteiger partial charge in [-0.05, 0) is 112 Å². The Balaban J connectivity index is 0.000000241. The van der Waals surface area contributed by atoms with Crippen molar-refractivity contribution < 1.29 is 4.74 Å². The Morgan fingerprint density at radius 2 is 1.72 bits per heavy atom. The molecule has 2 aromatic carbocycles. The summed E-state index contributed by atoms with van der Waals surface area (Å²) in [6.45, 7) is 10.9. The van der Waals surface area contributed by atoms with Crippen LogP contribution in [0.5, 0.6) is 5.75 Å². The van der Waals surface area contributed by atoms with E-state index in [1.807, 2.05) is 43.8 Å². The molecule has 2 atom stereocenters. The summed E-state index contributed by atoms with van der Waals surface area (Å²) in [7, 11) is 0. The van der Waals surface area contributed by atoms with Gasteiger partial charge in [0, 0.05) is 16.4 Å². The summed E-state index contributed by atoms with van der Waals surface area (Å²) in [5.41, 5.74) is 5.49. The highest BCUT2D eigenvalue weighted by atomic mass is 32.2. The van der Waals surface area contributed by atoms with E-state index in [0.717, 1.165) is 51.4 Å². The van der Waals surface area contributed by atoms with Crippen LogP contribution in [-0.2, 0) is 12.8 Å². The highest BCUT2D eigenvalue weighted by molar-refractivity contribution is 7.99. The molecule has 0 bridgehead atoms. The molecule has 0 N–H and O–H groups in total. The Bertz CT molecular complexity index is 1270. The minimum atomic E-state index is 0.0281. The SMILES string of the molecule is CC(C)Oc1ccc(-c2nnc(-c3cccc4c3CCCC4)s2)cc1C#N.CC1CC(C)C1C.CSC1CC1. The Hall–Kier alpha value is -2.36. The summed E-state index contributed by atoms with van der Waals surface area (Å²) < 4.78 is 5.71. The van der Waals surface area contributed by atoms with E-state index in [0.29, 0.717) is 11.3 Å². The van der Waals surface area contributed by atoms with Crippen molar-refractivity contribution >= 4 is 23.1 Å². The maximum Gasteiger partial charge on any atom is 0.148 e. The lowest BCUT2D eigenvalue weighted by molar-refractivity contribution is 0.120. The minimum absolute atomic E-state index is 0.0281. The van der Waals surface area contributed by atoms with Crippen molar-refractivity contribution in [3.05, 3.63) is 53.1 Å². The van der Waals surface area contributed by atoms with Crippen molar-refractivity contribution in [2.45, 2.75) is 90.9 Å². The third-order valence-electron chi connectivity index (χ3n) is 8.16. The first-order chi connectivity index (χ1) is 18.8. The topological polar surface area (TPSA) is 58.8 Å².